The molecule has 2 aromatic rings. The number of nitrogens with two attached hydrogens (primary N) is 1. The van der Waals surface area contributed by atoms with Crippen molar-refractivity contribution in [3.05, 3.63) is 16.7 Å². The Morgan fingerprint density at radius 1 is 1.11 bits per heavy atom. The van der Waals surface area contributed by atoms with Gasteiger partial charge in [-0.05, 0) is 50.3 Å². The second kappa shape index (κ2) is 16.8. The predicted molar refractivity (Wildman–Crippen MR) is 186 cm³/mol. The minimum atomic E-state index is -3.68. The highest BCUT2D eigenvalue weighted by molar-refractivity contribution is 8.45. The molecule has 2 aliphatic rings. The molecule has 0 aliphatic carbocycles. The number of thiol groups is 1. The van der Waals surface area contributed by atoms with Gasteiger partial charge in [0.2, 0.25) is 5.95 Å². The lowest BCUT2D eigenvalue weighted by Crippen LogP contribution is -2.39. The summed E-state index contributed by atoms with van der Waals surface area (Å²) in [7, 11) is 11.9. The number of nitrogens with zero attached hydrogens (tertiary/aromatic N) is 3. The fourth-order valence-corrected chi connectivity index (χ4v) is 10.2. The van der Waals surface area contributed by atoms with Gasteiger partial charge in [-0.25, -0.2) is 20.2 Å². The third-order valence-electron chi connectivity index (χ3n) is 6.69. The number of aromatic amines is 1. The van der Waals surface area contributed by atoms with Crippen molar-refractivity contribution >= 4 is 88.7 Å². The maximum absolute atomic E-state index is 13.1. The van der Waals surface area contributed by atoms with E-state index in [2.05, 4.69) is 42.5 Å². The fourth-order valence-electron chi connectivity index (χ4n) is 4.79. The minimum absolute atomic E-state index is 0.0131. The van der Waals surface area contributed by atoms with Gasteiger partial charge in [0, 0.05) is 30.1 Å². The third kappa shape index (κ3) is 12.2. The quantitative estimate of drug-likeness (QED) is 0.0419. The second-order valence-corrected chi connectivity index (χ2v) is 20.2. The number of ether oxygens (including phenoxy) is 3. The Morgan fingerprint density at radius 3 is 2.32 bits per heavy atom. The number of imidazole rings is 1. The van der Waals surface area contributed by atoms with Crippen molar-refractivity contribution in [3.8, 4) is 0 Å². The summed E-state index contributed by atoms with van der Waals surface area (Å²) in [5, 5.41) is 8.49. The van der Waals surface area contributed by atoms with Crippen LogP contribution >= 0.6 is 32.3 Å². The number of aromatic nitrogens is 4. The zero-order valence-electron chi connectivity index (χ0n) is 25.4. The molecule has 0 aromatic carbocycles. The first kappa shape index (κ1) is 39.5. The molecule has 0 amide bonds. The van der Waals surface area contributed by atoms with Crippen LogP contribution in [0.3, 0.4) is 0 Å². The van der Waals surface area contributed by atoms with Crippen molar-refractivity contribution in [2.45, 2.75) is 75.8 Å². The minimum Gasteiger partial charge on any atom is -0.381 e. The van der Waals surface area contributed by atoms with E-state index < -0.39 is 61.9 Å². The van der Waals surface area contributed by atoms with Gasteiger partial charge < -0.3 is 43.3 Å². The van der Waals surface area contributed by atoms with Crippen LogP contribution in [0.15, 0.2) is 11.1 Å². The monoisotopic (exact) mass is 772 g/mol. The first-order valence-corrected chi connectivity index (χ1v) is 22.4. The number of nitrogen functional groups attached to an aromatic ring is 1. The summed E-state index contributed by atoms with van der Waals surface area (Å²) in [5.41, 5.74) is 5.48. The lowest BCUT2D eigenvalue weighted by molar-refractivity contribution is 0.0372. The lowest BCUT2D eigenvalue weighted by atomic mass is 9.95. The molecule has 26 heteroatoms. The van der Waals surface area contributed by atoms with Gasteiger partial charge in [0.1, 0.15) is 22.4 Å². The van der Waals surface area contributed by atoms with E-state index in [0.29, 0.717) is 0 Å². The Labute approximate surface area is 289 Å². The maximum Gasteiger partial charge on any atom is 0.323 e. The summed E-state index contributed by atoms with van der Waals surface area (Å²) in [4.78, 5) is 43.6. The number of H-pyrrole nitrogens is 1. The number of hydrogen-bond donors (Lipinski definition) is 8. The van der Waals surface area contributed by atoms with E-state index in [1.165, 1.54) is 10.9 Å². The summed E-state index contributed by atoms with van der Waals surface area (Å²) >= 11 is 14.6. The van der Waals surface area contributed by atoms with Crippen LogP contribution in [0.1, 0.15) is 26.7 Å². The summed E-state index contributed by atoms with van der Waals surface area (Å²) in [5.74, 6) is -0.0594. The number of rotatable bonds is 18. The van der Waals surface area contributed by atoms with Crippen LogP contribution in [0.2, 0.25) is 0 Å². The smallest absolute Gasteiger partial charge is 0.323 e. The molecule has 18 nitrogen and oxygen atoms in total. The van der Waals surface area contributed by atoms with Gasteiger partial charge in [-0.3, -0.25) is 18.9 Å². The van der Waals surface area contributed by atoms with Crippen molar-refractivity contribution in [1.29, 1.82) is 0 Å². The maximum atomic E-state index is 13.1. The largest absolute Gasteiger partial charge is 0.381 e. The van der Waals surface area contributed by atoms with E-state index in [1.54, 1.807) is 0 Å². The molecule has 0 bridgehead atoms. The molecule has 2 aromatic heterocycles. The Morgan fingerprint density at radius 2 is 1.70 bits per heavy atom. The van der Waals surface area contributed by atoms with Gasteiger partial charge in [0.15, 0.2) is 11.2 Å². The molecule has 2 saturated heterocycles. The SMILES string of the molecule is [B]C1CC(NP(=O)(S)OCCOCn2cnc3c(=O)[nH]c(N)nc32)C(COP(O)(=S)NC2CC([B])OC2COP(O)(=S)NC(C)C)O1. The Kier molecular flexibility index (Phi) is 14.1. The standard InChI is InChI=1S/C21H37B2N8O10P3S3/c1-11(2)28-42(33,45)38-7-14-13(6-17(23)40-14)30-44(35,47)39-8-15-12(5-16(22)41-15)29-43(34,46)37-4-3-36-10-31-9-25-18-19(31)26-21(24)27-20(18)32/h9,11-17H,3-8,10H2,1-2H3,(H2,28,33,45)(H2,29,34,46)(H2,30,35,47)(H3,24,26,27,32). The zero-order chi connectivity index (χ0) is 34.6. The van der Waals surface area contributed by atoms with E-state index in [1.807, 2.05) is 13.8 Å². The van der Waals surface area contributed by atoms with Crippen LogP contribution in [0.4, 0.5) is 5.95 Å². The molecule has 4 heterocycles. The van der Waals surface area contributed by atoms with Crippen molar-refractivity contribution < 1.29 is 42.1 Å². The molecular weight excluding hydrogens is 735 g/mol. The molecule has 2 fully saturated rings. The molecule has 9 unspecified atom stereocenters. The zero-order valence-corrected chi connectivity index (χ0v) is 30.6. The molecular formula is C21H37B2N8O10P3S3. The first-order chi connectivity index (χ1) is 21.9. The third-order valence-corrected chi connectivity index (χ3v) is 12.3. The molecule has 0 saturated carbocycles. The van der Waals surface area contributed by atoms with Crippen molar-refractivity contribution in [2.24, 2.45) is 0 Å². The van der Waals surface area contributed by atoms with Gasteiger partial charge in [-0.15, -0.1) is 0 Å². The van der Waals surface area contributed by atoms with Crippen LogP contribution in [0.5, 0.6) is 0 Å². The number of hydrogen-bond acceptors (Lipinski definition) is 13. The molecule has 9 atom stereocenters. The molecule has 4 radical (unpaired) electrons. The highest BCUT2D eigenvalue weighted by atomic mass is 32.7. The summed E-state index contributed by atoms with van der Waals surface area (Å²) in [6.07, 6.45) is 0.468. The summed E-state index contributed by atoms with van der Waals surface area (Å²) in [6.45, 7) is -7.37. The molecule has 260 valence electrons. The predicted octanol–water partition coefficient (Wildman–Crippen LogP) is -0.321. The van der Waals surface area contributed by atoms with E-state index in [4.69, 9.17) is 72.8 Å². The topological polar surface area (TPSA) is 239 Å². The van der Waals surface area contributed by atoms with E-state index in [-0.39, 0.29) is 69.2 Å². The molecule has 2 aliphatic heterocycles. The van der Waals surface area contributed by atoms with E-state index in [9.17, 15) is 19.1 Å². The lowest BCUT2D eigenvalue weighted by Gasteiger charge is -2.28. The van der Waals surface area contributed by atoms with Gasteiger partial charge in [0.25, 0.3) is 18.8 Å². The average Bonchev–Trinajstić information content (AvgIpc) is 3.61. The fraction of sp³-hybridized carbons (Fsp3) is 0.762. The van der Waals surface area contributed by atoms with Crippen LogP contribution in [-0.4, -0.2) is 114 Å². The second-order valence-electron chi connectivity index (χ2n) is 11.0. The van der Waals surface area contributed by atoms with Crippen molar-refractivity contribution in [1.82, 2.24) is 34.8 Å². The molecule has 0 spiro atoms. The Bertz CT molecular complexity index is 1580. The van der Waals surface area contributed by atoms with Gasteiger partial charge in [0.05, 0.1) is 45.0 Å². The Balaban J connectivity index is 1.22. The number of anilines is 1. The summed E-state index contributed by atoms with van der Waals surface area (Å²) < 4.78 is 48.1. The van der Waals surface area contributed by atoms with Gasteiger partial charge in [-0.1, -0.05) is 12.2 Å². The van der Waals surface area contributed by atoms with E-state index in [0.717, 1.165) is 0 Å². The van der Waals surface area contributed by atoms with Gasteiger partial charge >= 0.3 is 6.72 Å². The number of fused-ring (bicyclic) bond motifs is 1. The Hall–Kier alpha value is -0.280. The van der Waals surface area contributed by atoms with E-state index >= 15 is 0 Å². The highest BCUT2D eigenvalue weighted by Crippen LogP contribution is 2.49. The molecule has 47 heavy (non-hydrogen) atoms. The van der Waals surface area contributed by atoms with Crippen LogP contribution < -0.4 is 26.6 Å². The van der Waals surface area contributed by atoms with Gasteiger partial charge in [-0.2, -0.15) is 4.98 Å². The van der Waals surface area contributed by atoms with Crippen LogP contribution in [0, 0.1) is 0 Å². The highest BCUT2D eigenvalue weighted by Gasteiger charge is 2.40. The van der Waals surface area contributed by atoms with Crippen LogP contribution in [0.25, 0.3) is 11.2 Å². The van der Waals surface area contributed by atoms with Crippen molar-refractivity contribution in [3.63, 3.8) is 0 Å². The number of nitrogens with one attached hydrogen (secondary N) is 4. The average molecular weight is 772 g/mol. The van der Waals surface area contributed by atoms with Crippen molar-refractivity contribution in [2.75, 3.05) is 32.2 Å². The first-order valence-electron chi connectivity index (χ1n) is 14.3. The van der Waals surface area contributed by atoms with Crippen LogP contribution in [-0.2, 0) is 62.7 Å². The normalized spacial score (nSPS) is 28.8. The molecule has 4 rings (SSSR count). The summed E-state index contributed by atoms with van der Waals surface area (Å²) in [6, 6.07) is -2.67. The molecule has 8 N–H and O–H groups in total.